The standard InChI is InChI=1S/C20H20FN5O3/c1-13-22-19(24-29-13)17-5-3-2-4-12-25(17)20(28)16-10-11-18(27)26(23-16)15-8-6-14(21)7-9-15/h6-11,17H,2-5,12H2,1H3/t17-/m1/s1. The van der Waals surface area contributed by atoms with E-state index in [0.717, 1.165) is 30.4 Å². The number of carbonyl (C=O) groups is 1. The Morgan fingerprint density at radius 1 is 1.14 bits per heavy atom. The summed E-state index contributed by atoms with van der Waals surface area (Å²) >= 11 is 0. The molecule has 3 aromatic rings. The van der Waals surface area contributed by atoms with Gasteiger partial charge in [0, 0.05) is 19.5 Å². The maximum Gasteiger partial charge on any atom is 0.274 e. The van der Waals surface area contributed by atoms with Crippen LogP contribution in [0.1, 0.15) is 53.9 Å². The zero-order valence-electron chi connectivity index (χ0n) is 15.9. The first-order valence-electron chi connectivity index (χ1n) is 9.50. The predicted octanol–water partition coefficient (Wildman–Crippen LogP) is 2.82. The van der Waals surface area contributed by atoms with E-state index in [1.165, 1.54) is 36.4 Å². The van der Waals surface area contributed by atoms with E-state index in [-0.39, 0.29) is 17.6 Å². The molecule has 8 nitrogen and oxygen atoms in total. The van der Waals surface area contributed by atoms with Gasteiger partial charge in [0.05, 0.1) is 11.7 Å². The van der Waals surface area contributed by atoms with Crippen LogP contribution in [0.2, 0.25) is 0 Å². The third kappa shape index (κ3) is 3.94. The van der Waals surface area contributed by atoms with Gasteiger partial charge in [0.15, 0.2) is 5.82 Å². The molecule has 0 N–H and O–H groups in total. The smallest absolute Gasteiger partial charge is 0.274 e. The molecular weight excluding hydrogens is 377 g/mol. The van der Waals surface area contributed by atoms with E-state index in [1.54, 1.807) is 11.8 Å². The second kappa shape index (κ2) is 7.94. The fraction of sp³-hybridized carbons (Fsp3) is 0.350. The number of hydrogen-bond acceptors (Lipinski definition) is 6. The van der Waals surface area contributed by atoms with Gasteiger partial charge in [-0.3, -0.25) is 9.59 Å². The molecular formula is C20H20FN5O3. The molecule has 1 fully saturated rings. The molecule has 0 radical (unpaired) electrons. The average Bonchev–Trinajstić information content (AvgIpc) is 3.00. The summed E-state index contributed by atoms with van der Waals surface area (Å²) in [5.74, 6) is 0.191. The minimum Gasteiger partial charge on any atom is -0.340 e. The Morgan fingerprint density at radius 2 is 1.93 bits per heavy atom. The number of likely N-dealkylation sites (tertiary alicyclic amines) is 1. The van der Waals surface area contributed by atoms with Crippen molar-refractivity contribution in [1.29, 1.82) is 0 Å². The van der Waals surface area contributed by atoms with Crippen molar-refractivity contribution < 1.29 is 13.7 Å². The van der Waals surface area contributed by atoms with Crippen LogP contribution in [0.25, 0.3) is 5.69 Å². The summed E-state index contributed by atoms with van der Waals surface area (Å²) in [6.07, 6.45) is 3.53. The van der Waals surface area contributed by atoms with Gasteiger partial charge in [-0.1, -0.05) is 18.0 Å². The van der Waals surface area contributed by atoms with E-state index in [0.29, 0.717) is 23.9 Å². The van der Waals surface area contributed by atoms with Crippen molar-refractivity contribution in [3.05, 3.63) is 70.0 Å². The first-order chi connectivity index (χ1) is 14.0. The zero-order chi connectivity index (χ0) is 20.4. The number of carbonyl (C=O) groups excluding carboxylic acids is 1. The highest BCUT2D eigenvalue weighted by Gasteiger charge is 2.31. The minimum absolute atomic E-state index is 0.126. The number of aryl methyl sites for hydroxylation is 1. The Hall–Kier alpha value is -3.36. The lowest BCUT2D eigenvalue weighted by Gasteiger charge is -2.27. The van der Waals surface area contributed by atoms with Gasteiger partial charge in [-0.25, -0.2) is 4.39 Å². The van der Waals surface area contributed by atoms with Crippen molar-refractivity contribution in [2.75, 3.05) is 6.54 Å². The van der Waals surface area contributed by atoms with E-state index in [9.17, 15) is 14.0 Å². The lowest BCUT2D eigenvalue weighted by atomic mass is 10.1. The predicted molar refractivity (Wildman–Crippen MR) is 101 cm³/mol. The maximum absolute atomic E-state index is 13.3. The van der Waals surface area contributed by atoms with Crippen LogP contribution in [0.5, 0.6) is 0 Å². The van der Waals surface area contributed by atoms with E-state index in [1.807, 2.05) is 0 Å². The lowest BCUT2D eigenvalue weighted by molar-refractivity contribution is 0.0662. The van der Waals surface area contributed by atoms with Gasteiger partial charge in [0.25, 0.3) is 11.5 Å². The van der Waals surface area contributed by atoms with Gasteiger partial charge in [0.1, 0.15) is 11.5 Å². The van der Waals surface area contributed by atoms with Gasteiger partial charge in [0.2, 0.25) is 5.89 Å². The summed E-state index contributed by atoms with van der Waals surface area (Å²) < 4.78 is 19.4. The van der Waals surface area contributed by atoms with Crippen molar-refractivity contribution in [2.24, 2.45) is 0 Å². The number of aromatic nitrogens is 4. The number of hydrogen-bond donors (Lipinski definition) is 0. The molecule has 3 heterocycles. The van der Waals surface area contributed by atoms with Crippen molar-refractivity contribution in [2.45, 2.75) is 38.6 Å². The summed E-state index contributed by atoms with van der Waals surface area (Å²) in [5, 5.41) is 8.24. The summed E-state index contributed by atoms with van der Waals surface area (Å²) in [7, 11) is 0. The first-order valence-corrected chi connectivity index (χ1v) is 9.50. The quantitative estimate of drug-likeness (QED) is 0.675. The van der Waals surface area contributed by atoms with Crippen LogP contribution in [0.15, 0.2) is 45.7 Å². The molecule has 0 aliphatic carbocycles. The number of halogens is 1. The van der Waals surface area contributed by atoms with Crippen LogP contribution in [0, 0.1) is 12.7 Å². The van der Waals surface area contributed by atoms with Gasteiger partial charge in [-0.05, 0) is 43.2 Å². The number of benzene rings is 1. The van der Waals surface area contributed by atoms with E-state index < -0.39 is 11.4 Å². The molecule has 1 saturated heterocycles. The Bertz CT molecular complexity index is 1080. The van der Waals surface area contributed by atoms with Crippen LogP contribution in [-0.2, 0) is 0 Å². The molecule has 4 rings (SSSR count). The van der Waals surface area contributed by atoms with Crippen LogP contribution in [-0.4, -0.2) is 37.3 Å². The molecule has 29 heavy (non-hydrogen) atoms. The maximum atomic E-state index is 13.3. The third-order valence-electron chi connectivity index (χ3n) is 4.95. The molecule has 150 valence electrons. The normalized spacial score (nSPS) is 17.2. The highest BCUT2D eigenvalue weighted by molar-refractivity contribution is 5.92. The van der Waals surface area contributed by atoms with Crippen molar-refractivity contribution in [1.82, 2.24) is 24.8 Å². The Morgan fingerprint density at radius 3 is 2.66 bits per heavy atom. The van der Waals surface area contributed by atoms with E-state index in [4.69, 9.17) is 4.52 Å². The van der Waals surface area contributed by atoms with Gasteiger partial charge < -0.3 is 9.42 Å². The largest absolute Gasteiger partial charge is 0.340 e. The Kier molecular flexibility index (Phi) is 5.20. The van der Waals surface area contributed by atoms with Crippen LogP contribution >= 0.6 is 0 Å². The van der Waals surface area contributed by atoms with E-state index >= 15 is 0 Å². The summed E-state index contributed by atoms with van der Waals surface area (Å²) in [6, 6.07) is 7.74. The van der Waals surface area contributed by atoms with Gasteiger partial charge >= 0.3 is 0 Å². The van der Waals surface area contributed by atoms with Crippen LogP contribution in [0.4, 0.5) is 4.39 Å². The molecule has 1 aromatic carbocycles. The topological polar surface area (TPSA) is 94.1 Å². The molecule has 1 atom stereocenters. The van der Waals surface area contributed by atoms with Crippen molar-refractivity contribution >= 4 is 5.91 Å². The summed E-state index contributed by atoms with van der Waals surface area (Å²) in [6.45, 7) is 2.24. The molecule has 0 unspecified atom stereocenters. The minimum atomic E-state index is -0.420. The highest BCUT2D eigenvalue weighted by Crippen LogP contribution is 2.29. The molecule has 0 saturated carbocycles. The number of nitrogens with zero attached hydrogens (tertiary/aromatic N) is 5. The molecule has 1 aliphatic rings. The summed E-state index contributed by atoms with van der Waals surface area (Å²) in [5.41, 5.74) is 0.0997. The molecule has 1 amide bonds. The van der Waals surface area contributed by atoms with Gasteiger partial charge in [-0.15, -0.1) is 0 Å². The van der Waals surface area contributed by atoms with Crippen LogP contribution < -0.4 is 5.56 Å². The fourth-order valence-electron chi connectivity index (χ4n) is 3.51. The third-order valence-corrected chi connectivity index (χ3v) is 4.95. The highest BCUT2D eigenvalue weighted by atomic mass is 19.1. The number of amides is 1. The van der Waals surface area contributed by atoms with Crippen LogP contribution in [0.3, 0.4) is 0 Å². The van der Waals surface area contributed by atoms with E-state index in [2.05, 4.69) is 15.2 Å². The molecule has 9 heteroatoms. The summed E-state index contributed by atoms with van der Waals surface area (Å²) in [4.78, 5) is 31.5. The molecule has 1 aliphatic heterocycles. The number of rotatable bonds is 3. The first kappa shape index (κ1) is 19.0. The average molecular weight is 397 g/mol. The molecule has 0 bridgehead atoms. The second-order valence-corrected chi connectivity index (χ2v) is 6.98. The van der Waals surface area contributed by atoms with Gasteiger partial charge in [-0.2, -0.15) is 14.8 Å². The molecule has 2 aromatic heterocycles. The Labute approximate surface area is 166 Å². The Balaban J connectivity index is 1.69. The van der Waals surface area contributed by atoms with Crippen molar-refractivity contribution in [3.8, 4) is 5.69 Å². The fourth-order valence-corrected chi connectivity index (χ4v) is 3.51. The lowest BCUT2D eigenvalue weighted by Crippen LogP contribution is -2.37. The monoisotopic (exact) mass is 397 g/mol. The zero-order valence-corrected chi connectivity index (χ0v) is 15.9. The van der Waals surface area contributed by atoms with Crippen molar-refractivity contribution in [3.63, 3.8) is 0 Å². The second-order valence-electron chi connectivity index (χ2n) is 6.98. The molecule has 0 spiro atoms. The SMILES string of the molecule is Cc1nc([C@H]2CCCCCN2C(=O)c2ccc(=O)n(-c3ccc(F)cc3)n2)no1.